The summed E-state index contributed by atoms with van der Waals surface area (Å²) in [4.78, 5) is 14.8. The third-order valence-electron chi connectivity index (χ3n) is 2.26. The highest BCUT2D eigenvalue weighted by Gasteiger charge is 2.13. The van der Waals surface area contributed by atoms with E-state index in [1.54, 1.807) is 36.1 Å². The SMILES string of the molecule is Cn1cnc(C=O)c1-c1ccc(Cl)cc1Cl. The van der Waals surface area contributed by atoms with Crippen molar-refractivity contribution in [1.29, 1.82) is 0 Å². The Morgan fingerprint density at radius 2 is 2.12 bits per heavy atom. The number of benzene rings is 1. The Hall–Kier alpha value is -1.32. The van der Waals surface area contributed by atoms with E-state index >= 15 is 0 Å². The summed E-state index contributed by atoms with van der Waals surface area (Å²) in [6, 6.07) is 5.14. The lowest BCUT2D eigenvalue weighted by atomic mass is 10.1. The predicted octanol–water partition coefficient (Wildman–Crippen LogP) is 3.21. The normalized spacial score (nSPS) is 10.4. The van der Waals surface area contributed by atoms with Crippen molar-refractivity contribution in [2.24, 2.45) is 7.05 Å². The fourth-order valence-electron chi connectivity index (χ4n) is 1.54. The van der Waals surface area contributed by atoms with E-state index in [0.29, 0.717) is 27.7 Å². The van der Waals surface area contributed by atoms with Crippen molar-refractivity contribution in [2.75, 3.05) is 0 Å². The lowest BCUT2D eigenvalue weighted by Crippen LogP contribution is -1.93. The number of nitrogens with zero attached hydrogens (tertiary/aromatic N) is 2. The van der Waals surface area contributed by atoms with Gasteiger partial charge in [0.15, 0.2) is 6.29 Å². The van der Waals surface area contributed by atoms with Gasteiger partial charge in [-0.2, -0.15) is 0 Å². The van der Waals surface area contributed by atoms with Crippen molar-refractivity contribution in [1.82, 2.24) is 9.55 Å². The molecule has 0 fully saturated rings. The van der Waals surface area contributed by atoms with E-state index in [4.69, 9.17) is 23.2 Å². The Balaban J connectivity index is 2.66. The Labute approximate surface area is 103 Å². The standard InChI is InChI=1S/C11H8Cl2N2O/c1-15-6-14-10(5-16)11(15)8-3-2-7(12)4-9(8)13/h2-6H,1H3. The van der Waals surface area contributed by atoms with Crippen LogP contribution in [0.5, 0.6) is 0 Å². The number of hydrogen-bond donors (Lipinski definition) is 0. The second-order valence-corrected chi connectivity index (χ2v) is 4.17. The van der Waals surface area contributed by atoms with Crippen LogP contribution in [0.2, 0.25) is 10.0 Å². The second kappa shape index (κ2) is 4.28. The van der Waals surface area contributed by atoms with E-state index in [-0.39, 0.29) is 0 Å². The minimum absolute atomic E-state index is 0.367. The van der Waals surface area contributed by atoms with Crippen LogP contribution >= 0.6 is 23.2 Å². The third kappa shape index (κ3) is 1.84. The van der Waals surface area contributed by atoms with Crippen LogP contribution in [0.1, 0.15) is 10.5 Å². The van der Waals surface area contributed by atoms with Gasteiger partial charge in [-0.3, -0.25) is 4.79 Å². The summed E-state index contributed by atoms with van der Waals surface area (Å²) in [7, 11) is 1.81. The third-order valence-corrected chi connectivity index (χ3v) is 2.81. The first-order chi connectivity index (χ1) is 7.63. The number of aromatic nitrogens is 2. The van der Waals surface area contributed by atoms with Gasteiger partial charge in [-0.1, -0.05) is 23.2 Å². The van der Waals surface area contributed by atoms with Gasteiger partial charge in [-0.05, 0) is 18.2 Å². The van der Waals surface area contributed by atoms with Gasteiger partial charge >= 0.3 is 0 Å². The maximum absolute atomic E-state index is 10.8. The highest BCUT2D eigenvalue weighted by atomic mass is 35.5. The molecule has 0 atom stereocenters. The summed E-state index contributed by atoms with van der Waals surface area (Å²) in [5.74, 6) is 0. The molecule has 1 aromatic heterocycles. The van der Waals surface area contributed by atoms with Crippen molar-refractivity contribution < 1.29 is 4.79 Å². The molecule has 0 aliphatic carbocycles. The Morgan fingerprint density at radius 3 is 2.75 bits per heavy atom. The molecular formula is C11H8Cl2N2O. The Bertz CT molecular complexity index is 549. The number of aryl methyl sites for hydroxylation is 1. The fraction of sp³-hybridized carbons (Fsp3) is 0.0909. The lowest BCUT2D eigenvalue weighted by Gasteiger charge is -2.06. The summed E-state index contributed by atoms with van der Waals surface area (Å²) >= 11 is 11.9. The van der Waals surface area contributed by atoms with Crippen LogP contribution in [0.4, 0.5) is 0 Å². The molecule has 0 N–H and O–H groups in total. The highest BCUT2D eigenvalue weighted by Crippen LogP contribution is 2.31. The average molecular weight is 255 g/mol. The van der Waals surface area contributed by atoms with E-state index in [9.17, 15) is 4.79 Å². The van der Waals surface area contributed by atoms with Gasteiger partial charge in [-0.25, -0.2) is 4.98 Å². The van der Waals surface area contributed by atoms with Crippen molar-refractivity contribution in [2.45, 2.75) is 0 Å². The van der Waals surface area contributed by atoms with E-state index in [1.165, 1.54) is 0 Å². The fourth-order valence-corrected chi connectivity index (χ4v) is 2.04. The van der Waals surface area contributed by atoms with E-state index < -0.39 is 0 Å². The van der Waals surface area contributed by atoms with Gasteiger partial charge < -0.3 is 4.57 Å². The quantitative estimate of drug-likeness (QED) is 0.772. The number of aldehydes is 1. The van der Waals surface area contributed by atoms with Crippen molar-refractivity contribution in [3.8, 4) is 11.3 Å². The summed E-state index contributed by atoms with van der Waals surface area (Å²) in [5, 5.41) is 1.06. The van der Waals surface area contributed by atoms with Gasteiger partial charge in [0.1, 0.15) is 5.69 Å². The number of imidazole rings is 1. The topological polar surface area (TPSA) is 34.9 Å². The molecule has 0 bridgehead atoms. The molecule has 0 unspecified atom stereocenters. The van der Waals surface area contributed by atoms with Crippen LogP contribution in [0.25, 0.3) is 11.3 Å². The summed E-state index contributed by atoms with van der Waals surface area (Å²) in [5.41, 5.74) is 1.80. The zero-order valence-corrected chi connectivity index (χ0v) is 9.96. The maximum atomic E-state index is 10.8. The molecule has 0 saturated carbocycles. The zero-order valence-electron chi connectivity index (χ0n) is 8.45. The molecule has 0 spiro atoms. The maximum Gasteiger partial charge on any atom is 0.170 e. The molecule has 0 aliphatic heterocycles. The number of rotatable bonds is 2. The molecule has 0 saturated heterocycles. The predicted molar refractivity (Wildman–Crippen MR) is 64.1 cm³/mol. The van der Waals surface area contributed by atoms with Gasteiger partial charge in [0.2, 0.25) is 0 Å². The highest BCUT2D eigenvalue weighted by molar-refractivity contribution is 6.36. The first-order valence-corrected chi connectivity index (χ1v) is 5.31. The van der Waals surface area contributed by atoms with Crippen LogP contribution in [-0.4, -0.2) is 15.8 Å². The van der Waals surface area contributed by atoms with Gasteiger partial charge in [0, 0.05) is 17.6 Å². The molecule has 82 valence electrons. The number of carbonyl (C=O) groups excluding carboxylic acids is 1. The molecule has 1 aromatic carbocycles. The largest absolute Gasteiger partial charge is 0.333 e. The van der Waals surface area contributed by atoms with Gasteiger partial charge in [-0.15, -0.1) is 0 Å². The van der Waals surface area contributed by atoms with Crippen LogP contribution in [-0.2, 0) is 7.05 Å². The molecule has 0 radical (unpaired) electrons. The first kappa shape index (κ1) is 11.2. The monoisotopic (exact) mass is 254 g/mol. The molecule has 1 heterocycles. The molecule has 16 heavy (non-hydrogen) atoms. The molecule has 3 nitrogen and oxygen atoms in total. The van der Waals surface area contributed by atoms with Crippen molar-refractivity contribution in [3.05, 3.63) is 40.3 Å². The van der Waals surface area contributed by atoms with E-state index in [0.717, 1.165) is 5.56 Å². The molecule has 0 aliphatic rings. The minimum atomic E-state index is 0.367. The summed E-state index contributed by atoms with van der Waals surface area (Å²) < 4.78 is 1.75. The number of carbonyl (C=O) groups is 1. The molecule has 0 amide bonds. The minimum Gasteiger partial charge on any atom is -0.333 e. The molecular weight excluding hydrogens is 247 g/mol. The molecule has 2 aromatic rings. The zero-order chi connectivity index (χ0) is 11.7. The summed E-state index contributed by atoms with van der Waals surface area (Å²) in [6.07, 6.45) is 2.28. The smallest absolute Gasteiger partial charge is 0.170 e. The number of halogens is 2. The van der Waals surface area contributed by atoms with Crippen molar-refractivity contribution >= 4 is 29.5 Å². The Morgan fingerprint density at radius 1 is 1.38 bits per heavy atom. The van der Waals surface area contributed by atoms with Gasteiger partial charge in [0.25, 0.3) is 0 Å². The summed E-state index contributed by atoms with van der Waals surface area (Å²) in [6.45, 7) is 0. The average Bonchev–Trinajstić information content (AvgIpc) is 2.60. The van der Waals surface area contributed by atoms with E-state index in [1.807, 2.05) is 0 Å². The van der Waals surface area contributed by atoms with Crippen molar-refractivity contribution in [3.63, 3.8) is 0 Å². The van der Waals surface area contributed by atoms with Crippen LogP contribution in [0.15, 0.2) is 24.5 Å². The molecule has 5 heteroatoms. The van der Waals surface area contributed by atoms with Crippen LogP contribution in [0.3, 0.4) is 0 Å². The Kier molecular flexibility index (Phi) is 2.99. The molecule has 2 rings (SSSR count). The second-order valence-electron chi connectivity index (χ2n) is 3.33. The lowest BCUT2D eigenvalue weighted by molar-refractivity contribution is 0.112. The van der Waals surface area contributed by atoms with Gasteiger partial charge in [0.05, 0.1) is 17.0 Å². The first-order valence-electron chi connectivity index (χ1n) is 4.55. The van der Waals surface area contributed by atoms with E-state index in [2.05, 4.69) is 4.98 Å². The number of hydrogen-bond acceptors (Lipinski definition) is 2. The van der Waals surface area contributed by atoms with Crippen LogP contribution in [0, 0.1) is 0 Å². The van der Waals surface area contributed by atoms with Crippen LogP contribution < -0.4 is 0 Å².